The average molecular weight is 255 g/mol. The van der Waals surface area contributed by atoms with Gasteiger partial charge in [-0.3, -0.25) is 4.79 Å². The molecular formula is C11H13NO4S. The van der Waals surface area contributed by atoms with Crippen LogP contribution in [0.2, 0.25) is 0 Å². The summed E-state index contributed by atoms with van der Waals surface area (Å²) in [6.07, 6.45) is 0. The number of ether oxygens (including phenoxy) is 1. The van der Waals surface area contributed by atoms with E-state index in [1.54, 1.807) is 31.2 Å². The van der Waals surface area contributed by atoms with Crippen molar-refractivity contribution in [2.45, 2.75) is 6.92 Å². The van der Waals surface area contributed by atoms with Crippen LogP contribution in [0.5, 0.6) is 5.75 Å². The lowest BCUT2D eigenvalue weighted by Gasteiger charge is -2.15. The number of benzene rings is 1. The van der Waals surface area contributed by atoms with Gasteiger partial charge in [0.05, 0.1) is 24.5 Å². The molecular weight excluding hydrogens is 242 g/mol. The highest BCUT2D eigenvalue weighted by Crippen LogP contribution is 2.29. The molecule has 1 amide bonds. The summed E-state index contributed by atoms with van der Waals surface area (Å²) in [6, 6.07) is 6.38. The maximum Gasteiger partial charge on any atom is 0.244 e. The Balaban J connectivity index is 2.42. The molecule has 17 heavy (non-hydrogen) atoms. The second-order valence-corrected chi connectivity index (χ2v) is 5.84. The van der Waals surface area contributed by atoms with E-state index >= 15 is 0 Å². The summed E-state index contributed by atoms with van der Waals surface area (Å²) >= 11 is 0. The van der Waals surface area contributed by atoms with Gasteiger partial charge in [-0.25, -0.2) is 12.7 Å². The van der Waals surface area contributed by atoms with Crippen LogP contribution in [-0.4, -0.2) is 27.2 Å². The lowest BCUT2D eigenvalue weighted by atomic mass is 10.2. The first kappa shape index (κ1) is 11.9. The first-order valence-electron chi connectivity index (χ1n) is 5.16. The number of nitrogens with zero attached hydrogens (tertiary/aromatic N) is 1. The normalized spacial score (nSPS) is 22.8. The van der Waals surface area contributed by atoms with E-state index < -0.39 is 15.9 Å². The Morgan fingerprint density at radius 3 is 2.29 bits per heavy atom. The van der Waals surface area contributed by atoms with E-state index in [2.05, 4.69) is 0 Å². The van der Waals surface area contributed by atoms with E-state index in [9.17, 15) is 13.2 Å². The Hall–Kier alpha value is -1.56. The molecule has 0 N–H and O–H groups in total. The summed E-state index contributed by atoms with van der Waals surface area (Å²) in [5.74, 6) is -0.374. The molecule has 1 aromatic carbocycles. The van der Waals surface area contributed by atoms with Gasteiger partial charge in [0.15, 0.2) is 0 Å². The molecule has 1 saturated heterocycles. The highest BCUT2D eigenvalue weighted by Gasteiger charge is 2.41. The number of anilines is 1. The maximum absolute atomic E-state index is 11.8. The highest BCUT2D eigenvalue weighted by atomic mass is 32.2. The summed E-state index contributed by atoms with van der Waals surface area (Å²) in [7, 11) is -1.99. The van der Waals surface area contributed by atoms with Crippen molar-refractivity contribution in [3.05, 3.63) is 24.3 Å². The predicted molar refractivity (Wildman–Crippen MR) is 63.4 cm³/mol. The summed E-state index contributed by atoms with van der Waals surface area (Å²) in [5, 5.41) is 0. The Labute approximate surface area is 100 Å². The maximum atomic E-state index is 11.8. The van der Waals surface area contributed by atoms with Gasteiger partial charge in [-0.05, 0) is 24.3 Å². The van der Waals surface area contributed by atoms with Crippen LogP contribution in [0.25, 0.3) is 0 Å². The Kier molecular flexibility index (Phi) is 2.82. The fraction of sp³-hybridized carbons (Fsp3) is 0.364. The standard InChI is InChI=1S/C11H13NO4S/c1-8-7-17(14,15)12(11(8)13)9-3-5-10(16-2)6-4-9/h3-6,8H,7H2,1-2H3. The molecule has 1 aliphatic heterocycles. The third-order valence-electron chi connectivity index (χ3n) is 2.67. The van der Waals surface area contributed by atoms with Gasteiger partial charge >= 0.3 is 0 Å². The first-order chi connectivity index (χ1) is 7.95. The number of amides is 1. The quantitative estimate of drug-likeness (QED) is 0.791. The zero-order valence-corrected chi connectivity index (χ0v) is 10.4. The third kappa shape index (κ3) is 2.00. The first-order valence-corrected chi connectivity index (χ1v) is 6.77. The minimum absolute atomic E-state index is 0.127. The Morgan fingerprint density at radius 2 is 1.88 bits per heavy atom. The molecule has 0 bridgehead atoms. The van der Waals surface area contributed by atoms with Crippen LogP contribution in [0.1, 0.15) is 6.92 Å². The van der Waals surface area contributed by atoms with Gasteiger partial charge in [0, 0.05) is 0 Å². The molecule has 0 aliphatic carbocycles. The van der Waals surface area contributed by atoms with Gasteiger partial charge in [0.25, 0.3) is 0 Å². The van der Waals surface area contributed by atoms with E-state index in [0.29, 0.717) is 11.4 Å². The Morgan fingerprint density at radius 1 is 1.29 bits per heavy atom. The SMILES string of the molecule is COc1ccc(N2C(=O)C(C)CS2(=O)=O)cc1. The largest absolute Gasteiger partial charge is 0.497 e. The second-order valence-electron chi connectivity index (χ2n) is 3.98. The number of rotatable bonds is 2. The molecule has 1 aliphatic rings. The lowest BCUT2D eigenvalue weighted by Crippen LogP contribution is -2.30. The van der Waals surface area contributed by atoms with Crippen LogP contribution in [0, 0.1) is 5.92 Å². The third-order valence-corrected chi connectivity index (χ3v) is 4.54. The number of sulfonamides is 1. The number of carbonyl (C=O) groups excluding carboxylic acids is 1. The molecule has 0 spiro atoms. The van der Waals surface area contributed by atoms with Crippen molar-refractivity contribution in [2.75, 3.05) is 17.2 Å². The van der Waals surface area contributed by atoms with Crippen molar-refractivity contribution in [1.82, 2.24) is 0 Å². The molecule has 5 nitrogen and oxygen atoms in total. The summed E-state index contributed by atoms with van der Waals surface area (Å²) in [5.41, 5.74) is 0.361. The molecule has 1 aromatic rings. The average Bonchev–Trinajstić information content (AvgIpc) is 2.48. The van der Waals surface area contributed by atoms with Crippen LogP contribution in [0.3, 0.4) is 0 Å². The van der Waals surface area contributed by atoms with Crippen molar-refractivity contribution in [3.8, 4) is 5.75 Å². The molecule has 1 unspecified atom stereocenters. The summed E-state index contributed by atoms with van der Waals surface area (Å²) < 4.78 is 29.5. The van der Waals surface area contributed by atoms with E-state index in [1.807, 2.05) is 0 Å². The van der Waals surface area contributed by atoms with Gasteiger partial charge < -0.3 is 4.74 Å². The monoisotopic (exact) mass is 255 g/mol. The summed E-state index contributed by atoms with van der Waals surface area (Å²) in [6.45, 7) is 1.61. The minimum Gasteiger partial charge on any atom is -0.497 e. The summed E-state index contributed by atoms with van der Waals surface area (Å²) in [4.78, 5) is 11.8. The molecule has 2 rings (SSSR count). The van der Waals surface area contributed by atoms with E-state index in [-0.39, 0.29) is 11.7 Å². The van der Waals surface area contributed by atoms with E-state index in [4.69, 9.17) is 4.74 Å². The van der Waals surface area contributed by atoms with Gasteiger partial charge in [-0.15, -0.1) is 0 Å². The van der Waals surface area contributed by atoms with Gasteiger partial charge in [0.2, 0.25) is 15.9 Å². The minimum atomic E-state index is -3.52. The number of methoxy groups -OCH3 is 1. The van der Waals surface area contributed by atoms with Crippen molar-refractivity contribution in [3.63, 3.8) is 0 Å². The van der Waals surface area contributed by atoms with Crippen LogP contribution in [-0.2, 0) is 14.8 Å². The van der Waals surface area contributed by atoms with Crippen molar-refractivity contribution in [2.24, 2.45) is 5.92 Å². The van der Waals surface area contributed by atoms with Crippen LogP contribution < -0.4 is 9.04 Å². The van der Waals surface area contributed by atoms with Gasteiger partial charge in [0.1, 0.15) is 5.75 Å². The molecule has 6 heteroatoms. The molecule has 0 saturated carbocycles. The zero-order chi connectivity index (χ0) is 12.6. The van der Waals surface area contributed by atoms with E-state index in [1.165, 1.54) is 7.11 Å². The van der Waals surface area contributed by atoms with Crippen molar-refractivity contribution < 1.29 is 17.9 Å². The number of hydrogen-bond acceptors (Lipinski definition) is 4. The fourth-order valence-corrected chi connectivity index (χ4v) is 3.62. The fourth-order valence-electron chi connectivity index (χ4n) is 1.80. The van der Waals surface area contributed by atoms with Crippen LogP contribution in [0.4, 0.5) is 5.69 Å². The lowest BCUT2D eigenvalue weighted by molar-refractivity contribution is -0.119. The highest BCUT2D eigenvalue weighted by molar-refractivity contribution is 7.94. The van der Waals surface area contributed by atoms with E-state index in [0.717, 1.165) is 4.31 Å². The topological polar surface area (TPSA) is 63.7 Å². The molecule has 0 aromatic heterocycles. The van der Waals surface area contributed by atoms with Crippen LogP contribution >= 0.6 is 0 Å². The number of hydrogen-bond donors (Lipinski definition) is 0. The van der Waals surface area contributed by atoms with Crippen molar-refractivity contribution >= 4 is 21.6 Å². The number of carbonyl (C=O) groups is 1. The molecule has 92 valence electrons. The molecule has 1 heterocycles. The van der Waals surface area contributed by atoms with Crippen LogP contribution in [0.15, 0.2) is 24.3 Å². The molecule has 0 radical (unpaired) electrons. The Bertz CT molecular complexity index is 535. The zero-order valence-electron chi connectivity index (χ0n) is 9.58. The molecule has 1 fully saturated rings. The predicted octanol–water partition coefficient (Wildman–Crippen LogP) is 1.01. The van der Waals surface area contributed by atoms with Gasteiger partial charge in [-0.1, -0.05) is 6.92 Å². The molecule has 1 atom stereocenters. The van der Waals surface area contributed by atoms with Crippen molar-refractivity contribution in [1.29, 1.82) is 0 Å². The second kappa shape index (κ2) is 4.03. The smallest absolute Gasteiger partial charge is 0.244 e. The van der Waals surface area contributed by atoms with Gasteiger partial charge in [-0.2, -0.15) is 0 Å².